The van der Waals surface area contributed by atoms with Crippen LogP contribution in [0.15, 0.2) is 0 Å². The molecule has 0 radical (unpaired) electrons. The van der Waals surface area contributed by atoms with Gasteiger partial charge in [0.05, 0.1) is 0 Å². The van der Waals surface area contributed by atoms with E-state index >= 15 is 0 Å². The van der Waals surface area contributed by atoms with Crippen LogP contribution < -0.4 is 8.40 Å². The summed E-state index contributed by atoms with van der Waals surface area (Å²) >= 11 is -3.38. The third kappa shape index (κ3) is 2.63. The van der Waals surface area contributed by atoms with Crippen molar-refractivity contribution in [3.05, 3.63) is 0 Å². The number of carbonyl (C=O) groups excluding carboxylic acids is 2. The maximum atomic E-state index is 10.9. The van der Waals surface area contributed by atoms with E-state index in [1.54, 1.807) is 0 Å². The highest BCUT2D eigenvalue weighted by molar-refractivity contribution is 5.96. The van der Waals surface area contributed by atoms with Crippen molar-refractivity contribution in [2.75, 3.05) is 0 Å². The average Bonchev–Trinajstić information content (AvgIpc) is 1.96. The van der Waals surface area contributed by atoms with Gasteiger partial charge in [-0.3, -0.25) is 9.59 Å². The van der Waals surface area contributed by atoms with Gasteiger partial charge in [-0.15, -0.1) is 0 Å². The van der Waals surface area contributed by atoms with Gasteiger partial charge in [-0.05, 0) is 3.83 Å². The zero-order chi connectivity index (χ0) is 9.14. The highest BCUT2D eigenvalue weighted by Gasteiger charge is 2.35. The molecule has 1 fully saturated rings. The van der Waals surface area contributed by atoms with E-state index in [1.165, 1.54) is 0 Å². The summed E-state index contributed by atoms with van der Waals surface area (Å²) in [7, 11) is 0. The summed E-state index contributed by atoms with van der Waals surface area (Å²) in [5, 5.41) is 0. The molecule has 1 rings (SSSR count). The standard InChI is InChI=1S/C6H7BrO5/c8-4-1-2-5(9)6(3-4)12-7(10)11/h6H,1-3H2. The zero-order valence-electron chi connectivity index (χ0n) is 6.12. The Kier molecular flexibility index (Phi) is 3.33. The van der Waals surface area contributed by atoms with Crippen molar-refractivity contribution in [2.45, 2.75) is 25.4 Å². The fourth-order valence-corrected chi connectivity index (χ4v) is 1.72. The molecule has 0 heterocycles. The Bertz CT molecular complexity index is 202. The van der Waals surface area contributed by atoms with Crippen molar-refractivity contribution in [1.29, 1.82) is 0 Å². The van der Waals surface area contributed by atoms with E-state index < -0.39 is 20.9 Å². The molecule has 0 amide bonds. The normalized spacial score (nSPS) is 25.1. The third-order valence-electron chi connectivity index (χ3n) is 1.60. The van der Waals surface area contributed by atoms with Crippen LogP contribution in [0, 0.1) is 14.8 Å². The van der Waals surface area contributed by atoms with Crippen LogP contribution in [-0.4, -0.2) is 17.7 Å². The molecule has 1 unspecified atom stereocenters. The van der Waals surface area contributed by atoms with Crippen molar-refractivity contribution in [3.63, 3.8) is 0 Å². The van der Waals surface area contributed by atoms with Crippen LogP contribution in [0.3, 0.4) is 0 Å². The van der Waals surface area contributed by atoms with Crippen LogP contribution in [0.2, 0.25) is 0 Å². The minimum absolute atomic E-state index is 0.0963. The van der Waals surface area contributed by atoms with Gasteiger partial charge in [-0.25, -0.2) is 0 Å². The first kappa shape index (κ1) is 9.79. The Balaban J connectivity index is 2.49. The average molecular weight is 239 g/mol. The Morgan fingerprint density at radius 2 is 2.00 bits per heavy atom. The SMILES string of the molecule is O=C1CCC(=O)C(O[Br+2]([O-])[O-])C1. The lowest BCUT2D eigenvalue weighted by Gasteiger charge is -2.13. The molecular formula is C6H7BrO5. The van der Waals surface area contributed by atoms with E-state index in [9.17, 15) is 18.0 Å². The van der Waals surface area contributed by atoms with Crippen LogP contribution in [0.5, 0.6) is 0 Å². The molecule has 1 aliphatic carbocycles. The van der Waals surface area contributed by atoms with Crippen molar-refractivity contribution in [1.82, 2.24) is 0 Å². The number of hydrogen-bond donors (Lipinski definition) is 0. The van der Waals surface area contributed by atoms with E-state index in [1.807, 2.05) is 0 Å². The lowest BCUT2D eigenvalue weighted by atomic mass is 9.95. The number of hydrogen-bond acceptors (Lipinski definition) is 5. The fourth-order valence-electron chi connectivity index (χ4n) is 1.02. The monoisotopic (exact) mass is 238 g/mol. The van der Waals surface area contributed by atoms with E-state index in [-0.39, 0.29) is 30.8 Å². The number of rotatable bonds is 2. The summed E-state index contributed by atoms with van der Waals surface area (Å²) in [6, 6.07) is 0. The molecule has 1 aliphatic rings. The molecule has 5 nitrogen and oxygen atoms in total. The summed E-state index contributed by atoms with van der Waals surface area (Å²) in [5.41, 5.74) is 0. The minimum Gasteiger partial charge on any atom is -0.372 e. The molecule has 0 aliphatic heterocycles. The first-order chi connectivity index (χ1) is 5.59. The summed E-state index contributed by atoms with van der Waals surface area (Å²) in [4.78, 5) is 21.7. The van der Waals surface area contributed by atoms with Gasteiger partial charge in [0.1, 0.15) is 5.78 Å². The van der Waals surface area contributed by atoms with Gasteiger partial charge in [0, 0.05) is 19.3 Å². The number of ketones is 2. The summed E-state index contributed by atoms with van der Waals surface area (Å²) < 4.78 is 24.5. The predicted molar refractivity (Wildman–Crippen MR) is 28.7 cm³/mol. The molecule has 0 bridgehead atoms. The zero-order valence-corrected chi connectivity index (χ0v) is 7.70. The van der Waals surface area contributed by atoms with Crippen molar-refractivity contribution >= 4 is 11.6 Å². The highest BCUT2D eigenvalue weighted by atomic mass is 80.0. The van der Waals surface area contributed by atoms with E-state index in [2.05, 4.69) is 3.83 Å². The van der Waals surface area contributed by atoms with Crippen LogP contribution in [0.1, 0.15) is 19.3 Å². The molecule has 1 atom stereocenters. The number of halogens is 1. The predicted octanol–water partition coefficient (Wildman–Crippen LogP) is -2.22. The molecular weight excluding hydrogens is 232 g/mol. The van der Waals surface area contributed by atoms with Gasteiger partial charge in [0.25, 0.3) is 0 Å². The van der Waals surface area contributed by atoms with E-state index in [4.69, 9.17) is 0 Å². The third-order valence-corrected chi connectivity index (χ3v) is 2.36. The van der Waals surface area contributed by atoms with Gasteiger partial charge < -0.3 is 8.40 Å². The van der Waals surface area contributed by atoms with Crippen LogP contribution in [0.4, 0.5) is 0 Å². The van der Waals surface area contributed by atoms with Gasteiger partial charge in [-0.2, -0.15) is 0 Å². The molecule has 0 spiro atoms. The highest BCUT2D eigenvalue weighted by Crippen LogP contribution is 2.14. The lowest BCUT2D eigenvalue weighted by molar-refractivity contribution is -1.63. The molecule has 0 aromatic heterocycles. The summed E-state index contributed by atoms with van der Waals surface area (Å²) in [6.45, 7) is 0. The Hall–Kier alpha value is -0.300. The van der Waals surface area contributed by atoms with Crippen molar-refractivity contribution in [2.24, 2.45) is 0 Å². The van der Waals surface area contributed by atoms with Crippen LogP contribution in [-0.2, 0) is 13.4 Å². The maximum Gasteiger partial charge on any atom is 0.437 e. The second kappa shape index (κ2) is 4.08. The first-order valence-corrected chi connectivity index (χ1v) is 5.31. The lowest BCUT2D eigenvalue weighted by Crippen LogP contribution is -2.42. The quantitative estimate of drug-likeness (QED) is 0.544. The molecule has 0 N–H and O–H groups in total. The minimum atomic E-state index is -3.38. The molecule has 0 aromatic carbocycles. The van der Waals surface area contributed by atoms with Crippen LogP contribution in [0.25, 0.3) is 0 Å². The fraction of sp³-hybridized carbons (Fsp3) is 0.667. The molecule has 68 valence electrons. The van der Waals surface area contributed by atoms with E-state index in [0.29, 0.717) is 0 Å². The van der Waals surface area contributed by atoms with Crippen LogP contribution >= 0.6 is 0 Å². The molecule has 12 heavy (non-hydrogen) atoms. The molecule has 6 heteroatoms. The van der Waals surface area contributed by atoms with Gasteiger partial charge in [0.2, 0.25) is 6.10 Å². The summed E-state index contributed by atoms with van der Waals surface area (Å²) in [5.74, 6) is -0.423. The molecule has 1 saturated carbocycles. The van der Waals surface area contributed by atoms with E-state index in [0.717, 1.165) is 0 Å². The number of Topliss-reactive ketones (excluding diaryl/α,β-unsaturated/α-hetero) is 2. The number of carbonyl (C=O) groups is 2. The Morgan fingerprint density at radius 1 is 1.33 bits per heavy atom. The van der Waals surface area contributed by atoms with Gasteiger partial charge in [-0.1, -0.05) is 0 Å². The molecule has 0 aromatic rings. The van der Waals surface area contributed by atoms with Gasteiger partial charge in [0.15, 0.2) is 5.78 Å². The van der Waals surface area contributed by atoms with Gasteiger partial charge >= 0.3 is 14.8 Å². The first-order valence-electron chi connectivity index (χ1n) is 3.36. The maximum absolute atomic E-state index is 10.9. The van der Waals surface area contributed by atoms with Crippen molar-refractivity contribution in [3.8, 4) is 0 Å². The smallest absolute Gasteiger partial charge is 0.372 e. The summed E-state index contributed by atoms with van der Waals surface area (Å²) in [6.07, 6.45) is -0.841. The second-order valence-corrected chi connectivity index (χ2v) is 3.64. The second-order valence-electron chi connectivity index (χ2n) is 2.48. The van der Waals surface area contributed by atoms with Crippen molar-refractivity contribution < 1.29 is 36.6 Å². The largest absolute Gasteiger partial charge is 0.437 e. The molecule has 0 saturated heterocycles. The Morgan fingerprint density at radius 3 is 2.58 bits per heavy atom. The Labute approximate surface area is 74.1 Å². The topological polar surface area (TPSA) is 89.5 Å².